The van der Waals surface area contributed by atoms with Gasteiger partial charge in [-0.15, -0.1) is 0 Å². The summed E-state index contributed by atoms with van der Waals surface area (Å²) in [5, 5.41) is 2.93. The highest BCUT2D eigenvalue weighted by atomic mass is 35.5. The van der Waals surface area contributed by atoms with Gasteiger partial charge in [-0.2, -0.15) is 4.31 Å². The van der Waals surface area contributed by atoms with E-state index < -0.39 is 15.9 Å². The highest BCUT2D eigenvalue weighted by molar-refractivity contribution is 7.89. The average Bonchev–Trinajstić information content (AvgIpc) is 3.10. The molecule has 0 spiro atoms. The van der Waals surface area contributed by atoms with E-state index >= 15 is 0 Å². The number of sulfonamides is 1. The molecule has 1 aromatic heterocycles. The molecule has 1 unspecified atom stereocenters. The number of nitrogens with one attached hydrogen (secondary N) is 1. The standard InChI is InChI=1S/C17H21ClN2O4S/c1-4-20(5-2)25(22,23)13-8-9-15(18)14(11-13)17(21)19-12(3)16-7-6-10-24-16/h6-12H,4-5H2,1-3H3,(H,19,21). The van der Waals surface area contributed by atoms with Gasteiger partial charge < -0.3 is 9.73 Å². The maximum absolute atomic E-state index is 12.6. The third-order valence-corrected chi connectivity index (χ3v) is 6.22. The van der Waals surface area contributed by atoms with E-state index in [2.05, 4.69) is 5.32 Å². The van der Waals surface area contributed by atoms with E-state index in [-0.39, 0.29) is 21.5 Å². The lowest BCUT2D eigenvalue weighted by molar-refractivity contribution is 0.0935. The molecule has 0 radical (unpaired) electrons. The van der Waals surface area contributed by atoms with Crippen molar-refractivity contribution in [1.29, 1.82) is 0 Å². The van der Waals surface area contributed by atoms with E-state index in [1.807, 2.05) is 0 Å². The number of hydrogen-bond acceptors (Lipinski definition) is 4. The maximum atomic E-state index is 12.6. The van der Waals surface area contributed by atoms with E-state index in [0.29, 0.717) is 18.8 Å². The molecule has 0 bridgehead atoms. The number of halogens is 1. The molecule has 0 fully saturated rings. The van der Waals surface area contributed by atoms with Crippen LogP contribution in [0.4, 0.5) is 0 Å². The van der Waals surface area contributed by atoms with Gasteiger partial charge in [-0.25, -0.2) is 8.42 Å². The Morgan fingerprint density at radius 3 is 2.52 bits per heavy atom. The van der Waals surface area contributed by atoms with Gasteiger partial charge in [0, 0.05) is 13.1 Å². The Kier molecular flexibility index (Phi) is 6.26. The number of hydrogen-bond donors (Lipinski definition) is 1. The minimum Gasteiger partial charge on any atom is -0.467 e. The summed E-state index contributed by atoms with van der Waals surface area (Å²) in [6.07, 6.45) is 1.52. The van der Waals surface area contributed by atoms with E-state index in [4.69, 9.17) is 16.0 Å². The number of amides is 1. The zero-order valence-electron chi connectivity index (χ0n) is 14.3. The summed E-state index contributed by atoms with van der Waals surface area (Å²) in [4.78, 5) is 12.6. The average molecular weight is 385 g/mol. The van der Waals surface area contributed by atoms with Gasteiger partial charge in [-0.05, 0) is 37.3 Å². The Bertz CT molecular complexity index is 830. The van der Waals surface area contributed by atoms with E-state index in [1.165, 1.54) is 28.8 Å². The molecule has 6 nitrogen and oxygen atoms in total. The van der Waals surface area contributed by atoms with Crippen LogP contribution >= 0.6 is 11.6 Å². The number of carbonyl (C=O) groups excluding carboxylic acids is 1. The topological polar surface area (TPSA) is 79.6 Å². The molecule has 0 aliphatic heterocycles. The van der Waals surface area contributed by atoms with Crippen LogP contribution in [-0.2, 0) is 10.0 Å². The summed E-state index contributed by atoms with van der Waals surface area (Å²) in [7, 11) is -3.67. The van der Waals surface area contributed by atoms with Gasteiger partial charge in [0.05, 0.1) is 27.8 Å². The van der Waals surface area contributed by atoms with E-state index in [9.17, 15) is 13.2 Å². The molecule has 8 heteroatoms. The predicted octanol–water partition coefficient (Wildman–Crippen LogP) is 3.45. The second-order valence-electron chi connectivity index (χ2n) is 5.44. The molecular weight excluding hydrogens is 364 g/mol. The van der Waals surface area contributed by atoms with Crippen LogP contribution in [0.3, 0.4) is 0 Å². The first-order chi connectivity index (χ1) is 11.8. The molecular formula is C17H21ClN2O4S. The number of nitrogens with zero attached hydrogens (tertiary/aromatic N) is 1. The molecule has 0 saturated heterocycles. The summed E-state index contributed by atoms with van der Waals surface area (Å²) < 4.78 is 31.8. The number of furan rings is 1. The Labute approximate surface area is 152 Å². The zero-order valence-corrected chi connectivity index (χ0v) is 15.9. The summed E-state index contributed by atoms with van der Waals surface area (Å²) in [6, 6.07) is 7.23. The van der Waals surface area contributed by atoms with E-state index in [0.717, 1.165) is 0 Å². The maximum Gasteiger partial charge on any atom is 0.253 e. The minimum absolute atomic E-state index is 0.0383. The van der Waals surface area contributed by atoms with Crippen LogP contribution < -0.4 is 5.32 Å². The van der Waals surface area contributed by atoms with Crippen LogP contribution in [0.1, 0.15) is 42.9 Å². The van der Waals surface area contributed by atoms with Crippen LogP contribution in [-0.4, -0.2) is 31.7 Å². The number of carbonyl (C=O) groups is 1. The first-order valence-corrected chi connectivity index (χ1v) is 9.77. The molecule has 1 N–H and O–H groups in total. The molecule has 1 aromatic carbocycles. The molecule has 1 heterocycles. The van der Waals surface area contributed by atoms with E-state index in [1.54, 1.807) is 32.9 Å². The molecule has 0 saturated carbocycles. The van der Waals surface area contributed by atoms with Crippen molar-refractivity contribution >= 4 is 27.5 Å². The minimum atomic E-state index is -3.67. The van der Waals surface area contributed by atoms with Crippen molar-refractivity contribution in [3.05, 3.63) is 52.9 Å². The summed E-state index contributed by atoms with van der Waals surface area (Å²) in [6.45, 7) is 5.98. The molecule has 0 aliphatic rings. The third kappa shape index (κ3) is 4.23. The van der Waals surface area contributed by atoms with Crippen LogP contribution in [0.25, 0.3) is 0 Å². The van der Waals surface area contributed by atoms with Gasteiger partial charge >= 0.3 is 0 Å². The van der Waals surface area contributed by atoms with Crippen molar-refractivity contribution in [1.82, 2.24) is 9.62 Å². The smallest absolute Gasteiger partial charge is 0.253 e. The third-order valence-electron chi connectivity index (χ3n) is 3.84. The van der Waals surface area contributed by atoms with Crippen molar-refractivity contribution in [2.24, 2.45) is 0 Å². The monoisotopic (exact) mass is 384 g/mol. The van der Waals surface area contributed by atoms with Gasteiger partial charge in [0.15, 0.2) is 0 Å². The molecule has 136 valence electrons. The SMILES string of the molecule is CCN(CC)S(=O)(=O)c1ccc(Cl)c(C(=O)NC(C)c2ccco2)c1. The largest absolute Gasteiger partial charge is 0.467 e. The van der Waals surface area contributed by atoms with Crippen LogP contribution in [0.15, 0.2) is 45.9 Å². The molecule has 1 atom stereocenters. The zero-order chi connectivity index (χ0) is 18.6. The lowest BCUT2D eigenvalue weighted by atomic mass is 10.2. The normalized spacial score (nSPS) is 13.0. The second kappa shape index (κ2) is 8.03. The summed E-state index contributed by atoms with van der Waals surface area (Å²) in [5.74, 6) is 0.127. The van der Waals surface area contributed by atoms with Gasteiger partial charge in [0.1, 0.15) is 5.76 Å². The molecule has 2 aromatic rings. The fraction of sp³-hybridized carbons (Fsp3) is 0.353. The quantitative estimate of drug-likeness (QED) is 0.792. The fourth-order valence-corrected chi connectivity index (χ4v) is 4.12. The fourth-order valence-electron chi connectivity index (χ4n) is 2.43. The van der Waals surface area contributed by atoms with Crippen LogP contribution in [0, 0.1) is 0 Å². The number of benzene rings is 1. The summed E-state index contributed by atoms with van der Waals surface area (Å²) >= 11 is 6.10. The number of rotatable bonds is 7. The van der Waals surface area contributed by atoms with Crippen molar-refractivity contribution in [2.75, 3.05) is 13.1 Å². The molecule has 2 rings (SSSR count). The lowest BCUT2D eigenvalue weighted by Gasteiger charge is -2.19. The van der Waals surface area contributed by atoms with Crippen molar-refractivity contribution < 1.29 is 17.6 Å². The first-order valence-electron chi connectivity index (χ1n) is 7.95. The Hall–Kier alpha value is -1.83. The highest BCUT2D eigenvalue weighted by Gasteiger charge is 2.24. The lowest BCUT2D eigenvalue weighted by Crippen LogP contribution is -2.31. The van der Waals surface area contributed by atoms with Crippen molar-refractivity contribution in [3.63, 3.8) is 0 Å². The van der Waals surface area contributed by atoms with Gasteiger partial charge in [-0.3, -0.25) is 4.79 Å². The van der Waals surface area contributed by atoms with Crippen LogP contribution in [0.5, 0.6) is 0 Å². The van der Waals surface area contributed by atoms with Crippen molar-refractivity contribution in [3.8, 4) is 0 Å². The molecule has 1 amide bonds. The Balaban J connectivity index is 2.31. The van der Waals surface area contributed by atoms with Crippen molar-refractivity contribution in [2.45, 2.75) is 31.7 Å². The highest BCUT2D eigenvalue weighted by Crippen LogP contribution is 2.24. The van der Waals surface area contributed by atoms with Crippen LogP contribution in [0.2, 0.25) is 5.02 Å². The Morgan fingerprint density at radius 1 is 1.28 bits per heavy atom. The molecule has 25 heavy (non-hydrogen) atoms. The van der Waals surface area contributed by atoms with Gasteiger partial charge in [0.2, 0.25) is 10.0 Å². The predicted molar refractivity (Wildman–Crippen MR) is 96.1 cm³/mol. The van der Waals surface area contributed by atoms with Gasteiger partial charge in [-0.1, -0.05) is 25.4 Å². The second-order valence-corrected chi connectivity index (χ2v) is 7.79. The molecule has 0 aliphatic carbocycles. The summed E-state index contributed by atoms with van der Waals surface area (Å²) in [5.41, 5.74) is 0.105. The Morgan fingerprint density at radius 2 is 1.96 bits per heavy atom. The first kappa shape index (κ1) is 19.5. The van der Waals surface area contributed by atoms with Gasteiger partial charge in [0.25, 0.3) is 5.91 Å².